The van der Waals surface area contributed by atoms with Crippen LogP contribution >= 0.6 is 0 Å². The van der Waals surface area contributed by atoms with Gasteiger partial charge in [-0.25, -0.2) is 4.98 Å². The van der Waals surface area contributed by atoms with Crippen LogP contribution in [0.2, 0.25) is 0 Å². The molecule has 0 bridgehead atoms. The molecule has 2 aromatic carbocycles. The zero-order valence-electron chi connectivity index (χ0n) is 10.6. The van der Waals surface area contributed by atoms with Gasteiger partial charge in [-0.15, -0.1) is 0 Å². The van der Waals surface area contributed by atoms with Crippen LogP contribution in [0.1, 0.15) is 11.7 Å². The highest BCUT2D eigenvalue weighted by atomic mass is 16.2. The maximum absolute atomic E-state index is 12.3. The number of hydrogen-bond acceptors (Lipinski definition) is 2. The summed E-state index contributed by atoms with van der Waals surface area (Å²) in [5.41, 5.74) is 3.52. The molecular formula is C15H10N2O. The molecule has 18 heavy (non-hydrogen) atoms. The Morgan fingerprint density at radius 3 is 3.00 bits per heavy atom. The van der Waals surface area contributed by atoms with Crippen molar-refractivity contribution in [2.45, 2.75) is 6.42 Å². The molecule has 3 heteroatoms. The maximum Gasteiger partial charge on any atom is 0.237 e. The van der Waals surface area contributed by atoms with Crippen LogP contribution in [0.3, 0.4) is 0 Å². The van der Waals surface area contributed by atoms with Gasteiger partial charge in [0.25, 0.3) is 0 Å². The summed E-state index contributed by atoms with van der Waals surface area (Å²) in [6.45, 7) is 0. The molecule has 1 aliphatic heterocycles. The predicted octanol–water partition coefficient (Wildman–Crippen LogP) is 2.90. The van der Waals surface area contributed by atoms with Gasteiger partial charge in [0.15, 0.2) is 0 Å². The van der Waals surface area contributed by atoms with Crippen molar-refractivity contribution in [1.82, 2.24) is 9.55 Å². The van der Waals surface area contributed by atoms with Crippen LogP contribution in [-0.4, -0.2) is 15.5 Å². The van der Waals surface area contributed by atoms with E-state index in [1.165, 1.54) is 0 Å². The van der Waals surface area contributed by atoms with Crippen LogP contribution in [0, 0.1) is 0 Å². The second kappa shape index (κ2) is 3.29. The van der Waals surface area contributed by atoms with E-state index in [4.69, 9.17) is 1.37 Å². The molecule has 4 rings (SSSR count). The molecule has 0 atom stereocenters. The molecule has 1 aromatic heterocycles. The van der Waals surface area contributed by atoms with E-state index in [2.05, 4.69) is 4.98 Å². The van der Waals surface area contributed by atoms with Gasteiger partial charge in [0.2, 0.25) is 5.91 Å². The van der Waals surface area contributed by atoms with Gasteiger partial charge >= 0.3 is 0 Å². The average molecular weight is 235 g/mol. The summed E-state index contributed by atoms with van der Waals surface area (Å²) in [5.74, 6) is 0.703. The Bertz CT molecular complexity index is 835. The Balaban J connectivity index is 2.12. The van der Waals surface area contributed by atoms with E-state index in [0.717, 1.165) is 22.2 Å². The van der Waals surface area contributed by atoms with Gasteiger partial charge in [0, 0.05) is 5.56 Å². The fraction of sp³-hybridized carbons (Fsp3) is 0.0667. The van der Waals surface area contributed by atoms with Crippen LogP contribution in [-0.2, 0) is 6.42 Å². The van der Waals surface area contributed by atoms with Gasteiger partial charge in [-0.1, -0.05) is 36.4 Å². The van der Waals surface area contributed by atoms with E-state index in [1.807, 2.05) is 30.3 Å². The van der Waals surface area contributed by atoms with Crippen LogP contribution in [0.4, 0.5) is 0 Å². The lowest BCUT2D eigenvalue weighted by Gasteiger charge is -2.16. The number of carbonyl (C=O) groups is 1. The minimum absolute atomic E-state index is 0.0156. The van der Waals surface area contributed by atoms with Crippen LogP contribution in [0.5, 0.6) is 0 Å². The third-order valence-corrected chi connectivity index (χ3v) is 3.34. The van der Waals surface area contributed by atoms with Gasteiger partial charge in [-0.05, 0) is 17.7 Å². The monoisotopic (exact) mass is 235 g/mol. The van der Waals surface area contributed by atoms with E-state index < -0.39 is 0 Å². The lowest BCUT2D eigenvalue weighted by Crippen LogP contribution is -2.20. The lowest BCUT2D eigenvalue weighted by atomic mass is 10.0. The van der Waals surface area contributed by atoms with Crippen molar-refractivity contribution >= 4 is 16.9 Å². The summed E-state index contributed by atoms with van der Waals surface area (Å²) in [5, 5.41) is 0. The first-order valence-electron chi connectivity index (χ1n) is 6.34. The number of rotatable bonds is 0. The van der Waals surface area contributed by atoms with Crippen molar-refractivity contribution in [2.24, 2.45) is 0 Å². The Labute approximate surface area is 105 Å². The number of hydrogen-bond donors (Lipinski definition) is 0. The Morgan fingerprint density at radius 1 is 1.17 bits per heavy atom. The zero-order valence-corrected chi connectivity index (χ0v) is 9.55. The molecule has 2 heterocycles. The minimum atomic E-state index is 0.0156. The summed E-state index contributed by atoms with van der Waals surface area (Å²) in [4.78, 5) is 16.9. The molecule has 0 saturated heterocycles. The van der Waals surface area contributed by atoms with Crippen molar-refractivity contribution in [2.75, 3.05) is 0 Å². The molecule has 0 unspecified atom stereocenters. The molecule has 0 spiro atoms. The first-order valence-corrected chi connectivity index (χ1v) is 5.84. The third-order valence-electron chi connectivity index (χ3n) is 3.34. The van der Waals surface area contributed by atoms with Crippen molar-refractivity contribution in [1.29, 1.82) is 0 Å². The summed E-state index contributed by atoms with van der Waals surface area (Å²) in [6, 6.07) is 13.4. The molecule has 0 N–H and O–H groups in total. The van der Waals surface area contributed by atoms with E-state index in [1.54, 1.807) is 16.7 Å². The van der Waals surface area contributed by atoms with Crippen LogP contribution in [0.25, 0.3) is 22.4 Å². The largest absolute Gasteiger partial charge is 0.274 e. The molecule has 0 amide bonds. The molecule has 3 nitrogen and oxygen atoms in total. The van der Waals surface area contributed by atoms with Gasteiger partial charge in [0.1, 0.15) is 5.82 Å². The molecule has 1 aliphatic rings. The number of carbonyl (C=O) groups excluding carboxylic acids is 1. The number of imidazole rings is 1. The average Bonchev–Trinajstić information content (AvgIpc) is 2.78. The van der Waals surface area contributed by atoms with Crippen molar-refractivity contribution in [3.63, 3.8) is 0 Å². The fourth-order valence-electron chi connectivity index (χ4n) is 2.53. The standard InChI is InChI=1S/C15H10N2O/c18-14-9-10-5-1-2-6-11(10)15-16-12-7-3-4-8-13(12)17(14)15/h1-8H,9H2/i1D. The molecule has 0 aliphatic carbocycles. The zero-order chi connectivity index (χ0) is 13.0. The molecule has 0 radical (unpaired) electrons. The quantitative estimate of drug-likeness (QED) is 0.600. The summed E-state index contributed by atoms with van der Waals surface area (Å²) < 4.78 is 9.34. The highest BCUT2D eigenvalue weighted by Crippen LogP contribution is 2.31. The van der Waals surface area contributed by atoms with Gasteiger partial charge in [0.05, 0.1) is 18.8 Å². The highest BCUT2D eigenvalue weighted by Gasteiger charge is 2.25. The van der Waals surface area contributed by atoms with E-state index in [0.29, 0.717) is 18.3 Å². The van der Waals surface area contributed by atoms with Gasteiger partial charge in [-0.2, -0.15) is 0 Å². The van der Waals surface area contributed by atoms with Gasteiger partial charge in [-0.3, -0.25) is 9.36 Å². The maximum atomic E-state index is 12.3. The Hall–Kier alpha value is -2.42. The second-order valence-corrected chi connectivity index (χ2v) is 4.41. The summed E-state index contributed by atoms with van der Waals surface area (Å²) >= 11 is 0. The molecular weight excluding hydrogens is 224 g/mol. The number of aromatic nitrogens is 2. The smallest absolute Gasteiger partial charge is 0.237 e. The number of nitrogens with zero attached hydrogens (tertiary/aromatic N) is 2. The Morgan fingerprint density at radius 2 is 2.06 bits per heavy atom. The molecule has 0 fully saturated rings. The summed E-state index contributed by atoms with van der Waals surface area (Å²) in [6.07, 6.45) is 0.329. The number of fused-ring (bicyclic) bond motifs is 5. The second-order valence-electron chi connectivity index (χ2n) is 4.41. The highest BCUT2D eigenvalue weighted by molar-refractivity contribution is 5.99. The first-order chi connectivity index (χ1) is 9.24. The van der Waals surface area contributed by atoms with E-state index in [9.17, 15) is 4.79 Å². The molecule has 3 aromatic rings. The van der Waals surface area contributed by atoms with Crippen LogP contribution < -0.4 is 0 Å². The Kier molecular flexibility index (Phi) is 1.58. The third kappa shape index (κ3) is 1.13. The number of para-hydroxylation sites is 2. The topological polar surface area (TPSA) is 34.9 Å². The molecule has 86 valence electrons. The van der Waals surface area contributed by atoms with Gasteiger partial charge < -0.3 is 0 Å². The van der Waals surface area contributed by atoms with E-state index >= 15 is 0 Å². The molecule has 0 saturated carbocycles. The number of benzene rings is 2. The first kappa shape index (κ1) is 8.64. The van der Waals surface area contributed by atoms with E-state index in [-0.39, 0.29) is 5.91 Å². The minimum Gasteiger partial charge on any atom is -0.274 e. The van der Waals surface area contributed by atoms with Crippen molar-refractivity contribution in [3.05, 3.63) is 54.1 Å². The predicted molar refractivity (Wildman–Crippen MR) is 69.5 cm³/mol. The van der Waals surface area contributed by atoms with Crippen molar-refractivity contribution in [3.8, 4) is 11.4 Å². The van der Waals surface area contributed by atoms with Crippen LogP contribution in [0.15, 0.2) is 48.5 Å². The normalized spacial score (nSPS) is 14.2. The fourth-order valence-corrected chi connectivity index (χ4v) is 2.53. The SMILES string of the molecule is [2H]c1ccc2c(c1)CC(=O)n1c-2nc2ccccc21. The summed E-state index contributed by atoms with van der Waals surface area (Å²) in [7, 11) is 0. The van der Waals surface area contributed by atoms with Crippen molar-refractivity contribution < 1.29 is 6.17 Å². The lowest BCUT2D eigenvalue weighted by molar-refractivity contribution is 0.0917.